The average molecular weight is 453 g/mol. The fourth-order valence-electron chi connectivity index (χ4n) is 2.73. The summed E-state index contributed by atoms with van der Waals surface area (Å²) >= 11 is 3.40. The van der Waals surface area contributed by atoms with Gasteiger partial charge in [-0.15, -0.1) is 0 Å². The van der Waals surface area contributed by atoms with Gasteiger partial charge in [-0.1, -0.05) is 47.1 Å². The van der Waals surface area contributed by atoms with E-state index in [1.165, 1.54) is 5.56 Å². The summed E-state index contributed by atoms with van der Waals surface area (Å²) in [4.78, 5) is 12.5. The van der Waals surface area contributed by atoms with Crippen molar-refractivity contribution in [1.29, 1.82) is 0 Å². The van der Waals surface area contributed by atoms with Gasteiger partial charge >= 0.3 is 0 Å². The second-order valence-corrected chi connectivity index (χ2v) is 9.35. The van der Waals surface area contributed by atoms with Crippen molar-refractivity contribution in [2.24, 2.45) is 0 Å². The molecule has 2 aromatic carbocycles. The lowest BCUT2D eigenvalue weighted by molar-refractivity contribution is -0.120. The van der Waals surface area contributed by atoms with Crippen LogP contribution in [0.5, 0.6) is 0 Å². The highest BCUT2D eigenvalue weighted by Crippen LogP contribution is 2.24. The predicted molar refractivity (Wildman–Crippen MR) is 113 cm³/mol. The molecule has 146 valence electrons. The van der Waals surface area contributed by atoms with Crippen LogP contribution >= 0.6 is 15.9 Å². The van der Waals surface area contributed by atoms with Crippen molar-refractivity contribution in [2.75, 3.05) is 17.1 Å². The second-order valence-electron chi connectivity index (χ2n) is 6.59. The van der Waals surface area contributed by atoms with Crippen LogP contribution in [0, 0.1) is 6.92 Å². The highest BCUT2D eigenvalue weighted by molar-refractivity contribution is 9.10. The fraction of sp³-hybridized carbons (Fsp3) is 0.350. The smallest absolute Gasteiger partial charge is 0.241 e. The molecule has 0 fully saturated rings. The number of halogens is 1. The molecule has 0 spiro atoms. The molecule has 0 saturated carbocycles. The molecule has 0 saturated heterocycles. The molecule has 0 heterocycles. The van der Waals surface area contributed by atoms with Gasteiger partial charge in [0.05, 0.1) is 18.0 Å². The van der Waals surface area contributed by atoms with Crippen LogP contribution in [0.3, 0.4) is 0 Å². The number of nitrogens with zero attached hydrogens (tertiary/aromatic N) is 1. The minimum absolute atomic E-state index is 0.212. The van der Waals surface area contributed by atoms with Crippen LogP contribution in [-0.2, 0) is 21.2 Å². The normalized spacial score (nSPS) is 12.5. The van der Waals surface area contributed by atoms with Crippen molar-refractivity contribution in [3.05, 3.63) is 63.6 Å². The van der Waals surface area contributed by atoms with E-state index in [4.69, 9.17) is 0 Å². The SMILES string of the molecule is CCc1ccc(C(C)NC(=O)CN(c2ccc(Br)c(C)c2)S(C)(=O)=O)cc1. The molecule has 27 heavy (non-hydrogen) atoms. The zero-order chi connectivity index (χ0) is 20.2. The Balaban J connectivity index is 2.14. The maximum absolute atomic E-state index is 12.5. The number of hydrogen-bond acceptors (Lipinski definition) is 3. The van der Waals surface area contributed by atoms with Crippen molar-refractivity contribution in [3.8, 4) is 0 Å². The van der Waals surface area contributed by atoms with E-state index in [1.807, 2.05) is 38.1 Å². The lowest BCUT2D eigenvalue weighted by Gasteiger charge is -2.24. The van der Waals surface area contributed by atoms with Crippen LogP contribution in [-0.4, -0.2) is 27.1 Å². The summed E-state index contributed by atoms with van der Waals surface area (Å²) in [6, 6.07) is 13.0. The van der Waals surface area contributed by atoms with Crippen molar-refractivity contribution in [1.82, 2.24) is 5.32 Å². The van der Waals surface area contributed by atoms with Gasteiger partial charge in [0.25, 0.3) is 0 Å². The van der Waals surface area contributed by atoms with Crippen molar-refractivity contribution < 1.29 is 13.2 Å². The molecule has 0 aliphatic rings. The molecule has 5 nitrogen and oxygen atoms in total. The first-order chi connectivity index (χ1) is 12.6. The largest absolute Gasteiger partial charge is 0.348 e. The maximum Gasteiger partial charge on any atom is 0.241 e. The van der Waals surface area contributed by atoms with E-state index in [0.29, 0.717) is 5.69 Å². The van der Waals surface area contributed by atoms with Crippen LogP contribution in [0.25, 0.3) is 0 Å². The third kappa shape index (κ3) is 5.81. The van der Waals surface area contributed by atoms with E-state index < -0.39 is 10.0 Å². The number of aryl methyl sites for hydroxylation is 2. The van der Waals surface area contributed by atoms with E-state index in [9.17, 15) is 13.2 Å². The number of anilines is 1. The molecule has 2 rings (SSSR count). The molecule has 7 heteroatoms. The molecule has 0 bridgehead atoms. The third-order valence-corrected chi connectivity index (χ3v) is 6.41. The van der Waals surface area contributed by atoms with Crippen LogP contribution in [0.15, 0.2) is 46.9 Å². The van der Waals surface area contributed by atoms with E-state index in [2.05, 4.69) is 28.2 Å². The summed E-state index contributed by atoms with van der Waals surface area (Å²) in [6.45, 7) is 5.57. The number of sulfonamides is 1. The monoisotopic (exact) mass is 452 g/mol. The molecule has 1 atom stereocenters. The van der Waals surface area contributed by atoms with Gasteiger partial charge < -0.3 is 5.32 Å². The Kier molecular flexibility index (Phi) is 7.06. The van der Waals surface area contributed by atoms with Gasteiger partial charge in [-0.2, -0.15) is 0 Å². The van der Waals surface area contributed by atoms with Crippen molar-refractivity contribution in [2.45, 2.75) is 33.2 Å². The summed E-state index contributed by atoms with van der Waals surface area (Å²) in [5, 5.41) is 2.88. The van der Waals surface area contributed by atoms with Crippen LogP contribution < -0.4 is 9.62 Å². The molecule has 0 aliphatic heterocycles. The van der Waals surface area contributed by atoms with E-state index >= 15 is 0 Å². The first kappa shape index (κ1) is 21.4. The molecule has 1 unspecified atom stereocenters. The van der Waals surface area contributed by atoms with Crippen LogP contribution in [0.2, 0.25) is 0 Å². The Morgan fingerprint density at radius 3 is 2.33 bits per heavy atom. The maximum atomic E-state index is 12.5. The standard InChI is InChI=1S/C20H25BrN2O3S/c1-5-16-6-8-17(9-7-16)15(3)22-20(24)13-23(27(4,25)26)18-10-11-19(21)14(2)12-18/h6-12,15H,5,13H2,1-4H3,(H,22,24). The average Bonchev–Trinajstić information content (AvgIpc) is 2.61. The zero-order valence-electron chi connectivity index (χ0n) is 16.0. The van der Waals surface area contributed by atoms with Gasteiger partial charge in [-0.25, -0.2) is 8.42 Å². The van der Waals surface area contributed by atoms with Gasteiger partial charge in [-0.3, -0.25) is 9.10 Å². The number of rotatable bonds is 7. The minimum Gasteiger partial charge on any atom is -0.348 e. The van der Waals surface area contributed by atoms with Gasteiger partial charge in [0.15, 0.2) is 0 Å². The second kappa shape index (κ2) is 8.89. The lowest BCUT2D eigenvalue weighted by atomic mass is 10.1. The highest BCUT2D eigenvalue weighted by Gasteiger charge is 2.22. The first-order valence-electron chi connectivity index (χ1n) is 8.74. The lowest BCUT2D eigenvalue weighted by Crippen LogP contribution is -2.41. The summed E-state index contributed by atoms with van der Waals surface area (Å²) in [5.74, 6) is -0.354. The van der Waals surface area contributed by atoms with Gasteiger partial charge in [-0.05, 0) is 55.2 Å². The molecule has 1 amide bonds. The number of carbonyl (C=O) groups is 1. The summed E-state index contributed by atoms with van der Waals surface area (Å²) < 4.78 is 26.5. The Morgan fingerprint density at radius 2 is 1.81 bits per heavy atom. The first-order valence-corrected chi connectivity index (χ1v) is 11.4. The van der Waals surface area contributed by atoms with Crippen molar-refractivity contribution in [3.63, 3.8) is 0 Å². The molecular weight excluding hydrogens is 428 g/mol. The quantitative estimate of drug-likeness (QED) is 0.690. The van der Waals surface area contributed by atoms with Crippen LogP contribution in [0.4, 0.5) is 5.69 Å². The van der Waals surface area contributed by atoms with Gasteiger partial charge in [0, 0.05) is 4.47 Å². The van der Waals surface area contributed by atoms with Crippen molar-refractivity contribution >= 4 is 37.5 Å². The molecule has 0 aromatic heterocycles. The Bertz CT molecular complexity index is 911. The number of benzene rings is 2. The highest BCUT2D eigenvalue weighted by atomic mass is 79.9. The summed E-state index contributed by atoms with van der Waals surface area (Å²) in [7, 11) is -3.59. The molecule has 0 aliphatic carbocycles. The van der Waals surface area contributed by atoms with E-state index in [-0.39, 0.29) is 18.5 Å². The van der Waals surface area contributed by atoms with Gasteiger partial charge in [0.2, 0.25) is 15.9 Å². The number of amides is 1. The van der Waals surface area contributed by atoms with E-state index in [0.717, 1.165) is 32.6 Å². The van der Waals surface area contributed by atoms with Gasteiger partial charge in [0.1, 0.15) is 6.54 Å². The topological polar surface area (TPSA) is 66.5 Å². The summed E-state index contributed by atoms with van der Waals surface area (Å²) in [5.41, 5.74) is 3.57. The number of nitrogens with one attached hydrogen (secondary N) is 1. The molecular formula is C20H25BrN2O3S. The van der Waals surface area contributed by atoms with Crippen LogP contribution in [0.1, 0.15) is 36.6 Å². The number of carbonyl (C=O) groups excluding carboxylic acids is 1. The number of hydrogen-bond donors (Lipinski definition) is 1. The third-order valence-electron chi connectivity index (χ3n) is 4.38. The predicted octanol–water partition coefficient (Wildman–Crippen LogP) is 3.96. The molecule has 2 aromatic rings. The Labute approximate surface area is 170 Å². The Hall–Kier alpha value is -1.86. The summed E-state index contributed by atoms with van der Waals surface area (Å²) in [6.07, 6.45) is 2.06. The van der Waals surface area contributed by atoms with E-state index in [1.54, 1.807) is 18.2 Å². The molecule has 0 radical (unpaired) electrons. The molecule has 1 N–H and O–H groups in total. The minimum atomic E-state index is -3.59. The fourth-order valence-corrected chi connectivity index (χ4v) is 3.82. The zero-order valence-corrected chi connectivity index (χ0v) is 18.4. The Morgan fingerprint density at radius 1 is 1.19 bits per heavy atom.